The average molecular weight is 383 g/mol. The van der Waals surface area contributed by atoms with Gasteiger partial charge in [0.2, 0.25) is 0 Å². The molecule has 0 spiro atoms. The van der Waals surface area contributed by atoms with Gasteiger partial charge in [0.25, 0.3) is 11.5 Å². The Balaban J connectivity index is 1.89. The number of aryl methyl sites for hydroxylation is 2. The van der Waals surface area contributed by atoms with E-state index in [0.717, 1.165) is 23.2 Å². The number of para-hydroxylation sites is 2. The number of hydrogen-bond donors (Lipinski definition) is 1. The third kappa shape index (κ3) is 3.43. The molecule has 144 valence electrons. The topological polar surface area (TPSA) is 64.0 Å². The quantitative estimate of drug-likeness (QED) is 0.564. The van der Waals surface area contributed by atoms with Crippen LogP contribution in [-0.4, -0.2) is 15.7 Å². The Morgan fingerprint density at radius 2 is 1.62 bits per heavy atom. The van der Waals surface area contributed by atoms with Crippen molar-refractivity contribution >= 4 is 22.4 Å². The van der Waals surface area contributed by atoms with Crippen molar-refractivity contribution in [3.8, 4) is 5.69 Å². The third-order valence-corrected chi connectivity index (χ3v) is 5.00. The van der Waals surface area contributed by atoms with Crippen LogP contribution in [0.5, 0.6) is 0 Å². The molecule has 3 aromatic carbocycles. The first-order valence-corrected chi connectivity index (χ1v) is 9.57. The van der Waals surface area contributed by atoms with Crippen LogP contribution < -0.4 is 10.9 Å². The Morgan fingerprint density at radius 3 is 2.34 bits per heavy atom. The molecular weight excluding hydrogens is 362 g/mol. The number of carbonyl (C=O) groups is 1. The molecule has 4 aromatic rings. The number of aromatic nitrogens is 2. The van der Waals surface area contributed by atoms with E-state index in [0.29, 0.717) is 16.5 Å². The number of anilines is 1. The van der Waals surface area contributed by atoms with Crippen LogP contribution in [0.4, 0.5) is 5.69 Å². The number of nitrogens with one attached hydrogen (secondary N) is 1. The summed E-state index contributed by atoms with van der Waals surface area (Å²) in [7, 11) is 0. The fourth-order valence-corrected chi connectivity index (χ4v) is 3.48. The second kappa shape index (κ2) is 7.72. The van der Waals surface area contributed by atoms with Crippen molar-refractivity contribution in [2.45, 2.75) is 20.3 Å². The molecule has 4 rings (SSSR count). The SMILES string of the molecule is CCc1cccc(C)c1NC(=O)c1nn(-c2ccccc2)c(=O)c2ccccc12. The molecular formula is C24H21N3O2. The average Bonchev–Trinajstić information content (AvgIpc) is 2.76. The van der Waals surface area contributed by atoms with Crippen LogP contribution in [0.25, 0.3) is 16.5 Å². The van der Waals surface area contributed by atoms with E-state index in [1.165, 1.54) is 4.68 Å². The zero-order valence-corrected chi connectivity index (χ0v) is 16.3. The molecule has 5 heteroatoms. The van der Waals surface area contributed by atoms with Gasteiger partial charge in [-0.25, -0.2) is 0 Å². The predicted molar refractivity (Wildman–Crippen MR) is 116 cm³/mol. The summed E-state index contributed by atoms with van der Waals surface area (Å²) in [6.45, 7) is 4.01. The van der Waals surface area contributed by atoms with Gasteiger partial charge < -0.3 is 5.32 Å². The van der Waals surface area contributed by atoms with E-state index in [2.05, 4.69) is 10.4 Å². The highest BCUT2D eigenvalue weighted by Gasteiger charge is 2.19. The van der Waals surface area contributed by atoms with Gasteiger partial charge in [-0.05, 0) is 42.7 Å². The monoisotopic (exact) mass is 383 g/mol. The largest absolute Gasteiger partial charge is 0.320 e. The van der Waals surface area contributed by atoms with Gasteiger partial charge in [-0.3, -0.25) is 9.59 Å². The van der Waals surface area contributed by atoms with E-state index >= 15 is 0 Å². The molecule has 1 amide bonds. The second-order valence-electron chi connectivity index (χ2n) is 6.86. The van der Waals surface area contributed by atoms with E-state index in [1.807, 2.05) is 50.2 Å². The first kappa shape index (κ1) is 18.6. The molecule has 5 nitrogen and oxygen atoms in total. The summed E-state index contributed by atoms with van der Waals surface area (Å²) < 4.78 is 1.29. The van der Waals surface area contributed by atoms with E-state index in [9.17, 15) is 9.59 Å². The van der Waals surface area contributed by atoms with E-state index < -0.39 is 0 Å². The van der Waals surface area contributed by atoms with Crippen LogP contribution in [0.1, 0.15) is 28.5 Å². The van der Waals surface area contributed by atoms with Crippen LogP contribution >= 0.6 is 0 Å². The minimum Gasteiger partial charge on any atom is -0.320 e. The molecule has 0 aliphatic carbocycles. The van der Waals surface area contributed by atoms with Crippen LogP contribution in [0.15, 0.2) is 77.6 Å². The van der Waals surface area contributed by atoms with E-state index in [4.69, 9.17) is 0 Å². The van der Waals surface area contributed by atoms with Gasteiger partial charge >= 0.3 is 0 Å². The number of nitrogens with zero attached hydrogens (tertiary/aromatic N) is 2. The van der Waals surface area contributed by atoms with E-state index in [-0.39, 0.29) is 17.2 Å². The van der Waals surface area contributed by atoms with Crippen LogP contribution in [-0.2, 0) is 6.42 Å². The van der Waals surface area contributed by atoms with Gasteiger partial charge in [0, 0.05) is 11.1 Å². The first-order chi connectivity index (χ1) is 14.1. The maximum Gasteiger partial charge on any atom is 0.279 e. The Morgan fingerprint density at radius 1 is 0.931 bits per heavy atom. The number of rotatable bonds is 4. The summed E-state index contributed by atoms with van der Waals surface area (Å²) in [4.78, 5) is 26.2. The summed E-state index contributed by atoms with van der Waals surface area (Å²) >= 11 is 0. The van der Waals surface area contributed by atoms with Gasteiger partial charge in [0.05, 0.1) is 11.1 Å². The lowest BCUT2D eigenvalue weighted by Crippen LogP contribution is -2.26. The van der Waals surface area contributed by atoms with Crippen molar-refractivity contribution in [2.75, 3.05) is 5.32 Å². The lowest BCUT2D eigenvalue weighted by Gasteiger charge is -2.14. The number of fused-ring (bicyclic) bond motifs is 1. The molecule has 1 aromatic heterocycles. The number of hydrogen-bond acceptors (Lipinski definition) is 3. The maximum atomic E-state index is 13.3. The number of benzene rings is 3. The minimum atomic E-state index is -0.338. The van der Waals surface area contributed by atoms with Gasteiger partial charge in [-0.1, -0.05) is 61.5 Å². The second-order valence-corrected chi connectivity index (χ2v) is 6.86. The molecule has 0 fully saturated rings. The molecule has 0 unspecified atom stereocenters. The highest BCUT2D eigenvalue weighted by Crippen LogP contribution is 2.23. The smallest absolute Gasteiger partial charge is 0.279 e. The summed E-state index contributed by atoms with van der Waals surface area (Å²) in [5.41, 5.74) is 3.41. The van der Waals surface area contributed by atoms with Crippen molar-refractivity contribution < 1.29 is 4.79 Å². The highest BCUT2D eigenvalue weighted by atomic mass is 16.2. The summed E-state index contributed by atoms with van der Waals surface area (Å²) in [6.07, 6.45) is 0.801. The third-order valence-electron chi connectivity index (χ3n) is 5.00. The zero-order valence-electron chi connectivity index (χ0n) is 16.3. The van der Waals surface area contributed by atoms with Crippen LogP contribution in [0.2, 0.25) is 0 Å². The molecule has 0 saturated carbocycles. The first-order valence-electron chi connectivity index (χ1n) is 9.57. The maximum absolute atomic E-state index is 13.3. The Bertz CT molecular complexity index is 1260. The van der Waals surface area contributed by atoms with Crippen molar-refractivity contribution in [3.63, 3.8) is 0 Å². The fraction of sp³-hybridized carbons (Fsp3) is 0.125. The van der Waals surface area contributed by atoms with Gasteiger partial charge in [-0.2, -0.15) is 9.78 Å². The molecule has 1 N–H and O–H groups in total. The fourth-order valence-electron chi connectivity index (χ4n) is 3.48. The summed E-state index contributed by atoms with van der Waals surface area (Å²) in [5, 5.41) is 8.46. The zero-order chi connectivity index (χ0) is 20.4. The lowest BCUT2D eigenvalue weighted by molar-refractivity contribution is 0.102. The molecule has 0 radical (unpaired) electrons. The highest BCUT2D eigenvalue weighted by molar-refractivity contribution is 6.11. The van der Waals surface area contributed by atoms with E-state index in [1.54, 1.807) is 36.4 Å². The van der Waals surface area contributed by atoms with Gasteiger partial charge in [-0.15, -0.1) is 0 Å². The lowest BCUT2D eigenvalue weighted by atomic mass is 10.1. The Kier molecular flexibility index (Phi) is 4.96. The van der Waals surface area contributed by atoms with Gasteiger partial charge in [0.1, 0.15) is 0 Å². The molecule has 0 atom stereocenters. The molecule has 0 bridgehead atoms. The molecule has 29 heavy (non-hydrogen) atoms. The van der Waals surface area contributed by atoms with Crippen molar-refractivity contribution in [1.82, 2.24) is 9.78 Å². The standard InChI is InChI=1S/C24H21N3O2/c1-3-17-11-9-10-16(2)21(17)25-23(28)22-19-14-7-8-15-20(19)24(29)27(26-22)18-12-5-4-6-13-18/h4-15H,3H2,1-2H3,(H,25,28). The molecule has 0 saturated heterocycles. The molecule has 0 aliphatic heterocycles. The Labute approximate surface area is 168 Å². The number of amides is 1. The molecule has 0 aliphatic rings. The van der Waals surface area contributed by atoms with Crippen molar-refractivity contribution in [3.05, 3.63) is 100.0 Å². The predicted octanol–water partition coefficient (Wildman–Crippen LogP) is 4.51. The van der Waals surface area contributed by atoms with Gasteiger partial charge in [0.15, 0.2) is 5.69 Å². The summed E-state index contributed by atoms with van der Waals surface area (Å²) in [5.74, 6) is -0.338. The summed E-state index contributed by atoms with van der Waals surface area (Å²) in [6, 6.07) is 22.1. The van der Waals surface area contributed by atoms with Crippen LogP contribution in [0, 0.1) is 6.92 Å². The Hall–Kier alpha value is -3.73. The van der Waals surface area contributed by atoms with Crippen LogP contribution in [0.3, 0.4) is 0 Å². The molecule has 1 heterocycles. The normalized spacial score (nSPS) is 10.8. The minimum absolute atomic E-state index is 0.217. The van der Waals surface area contributed by atoms with Crippen molar-refractivity contribution in [1.29, 1.82) is 0 Å². The number of carbonyl (C=O) groups excluding carboxylic acids is 1. The van der Waals surface area contributed by atoms with Crippen molar-refractivity contribution in [2.24, 2.45) is 0 Å².